The van der Waals surface area contributed by atoms with E-state index in [-0.39, 0.29) is 55.1 Å². The highest BCUT2D eigenvalue weighted by Gasteiger charge is 2.45. The zero-order chi connectivity index (χ0) is 50.0. The molecule has 4 aliphatic heterocycles. The van der Waals surface area contributed by atoms with Crippen LogP contribution in [0.1, 0.15) is 103 Å². The van der Waals surface area contributed by atoms with Gasteiger partial charge >= 0.3 is 18.3 Å². The van der Waals surface area contributed by atoms with E-state index in [1.165, 1.54) is 18.1 Å². The number of methoxy groups -OCH3 is 1. The lowest BCUT2D eigenvalue weighted by Gasteiger charge is -2.31. The van der Waals surface area contributed by atoms with E-state index in [9.17, 15) is 28.4 Å². The number of nitrogens with zero attached hydrogens (tertiary/aromatic N) is 5. The van der Waals surface area contributed by atoms with E-state index >= 15 is 0 Å². The average Bonchev–Trinajstić information content (AvgIpc) is 4.19. The molecule has 4 aliphatic rings. The van der Waals surface area contributed by atoms with E-state index < -0.39 is 48.1 Å². The molecular weight excluding hydrogens is 896 g/mol. The van der Waals surface area contributed by atoms with Crippen molar-refractivity contribution in [2.45, 2.75) is 123 Å². The highest BCUT2D eigenvalue weighted by atomic mass is 19.1. The van der Waals surface area contributed by atoms with Crippen LogP contribution >= 0.6 is 0 Å². The number of alkyl carbamates (subject to hydrolysis) is 2. The second-order valence-electron chi connectivity index (χ2n) is 20.2. The number of carbonyl (C=O) groups is 5. The van der Waals surface area contributed by atoms with Crippen molar-refractivity contribution in [3.8, 4) is 22.4 Å². The first-order chi connectivity index (χ1) is 33.4. The monoisotopic (exact) mass is 958 g/mol. The Morgan fingerprint density at radius 3 is 2.06 bits per heavy atom. The maximum atomic E-state index is 14.6. The van der Waals surface area contributed by atoms with Crippen LogP contribution in [0.4, 0.5) is 18.8 Å². The largest absolute Gasteiger partial charge is 0.453 e. The fourth-order valence-electron chi connectivity index (χ4n) is 9.69. The van der Waals surface area contributed by atoms with Gasteiger partial charge in [-0.05, 0) is 84.9 Å². The molecule has 17 heteroatoms. The molecule has 2 saturated heterocycles. The summed E-state index contributed by atoms with van der Waals surface area (Å²) in [7, 11) is 1.28. The van der Waals surface area contributed by atoms with E-state index in [0.29, 0.717) is 30.8 Å². The van der Waals surface area contributed by atoms with Crippen LogP contribution in [-0.4, -0.2) is 111 Å². The number of rotatable bonds is 12. The first-order valence-corrected chi connectivity index (χ1v) is 24.1. The smallest absolute Gasteiger partial charge is 0.410 e. The second-order valence-corrected chi connectivity index (χ2v) is 20.2. The van der Waals surface area contributed by atoms with Crippen molar-refractivity contribution in [1.82, 2.24) is 35.3 Å². The second kappa shape index (κ2) is 20.5. The topological polar surface area (TPSA) is 188 Å². The summed E-state index contributed by atoms with van der Waals surface area (Å²) in [5.74, 6) is -0.585. The first kappa shape index (κ1) is 49.4. The zero-order valence-electron chi connectivity index (χ0n) is 41.1. The summed E-state index contributed by atoms with van der Waals surface area (Å²) in [6.45, 7) is 13.7. The third-order valence-electron chi connectivity index (χ3n) is 13.4. The van der Waals surface area contributed by atoms with Crippen molar-refractivity contribution >= 4 is 41.4 Å². The van der Waals surface area contributed by atoms with Crippen LogP contribution in [0.2, 0.25) is 0 Å². The zero-order valence-corrected chi connectivity index (χ0v) is 41.1. The van der Waals surface area contributed by atoms with E-state index in [2.05, 4.69) is 44.9 Å². The van der Waals surface area contributed by atoms with Crippen LogP contribution in [0.5, 0.6) is 0 Å². The van der Waals surface area contributed by atoms with Gasteiger partial charge in [0.1, 0.15) is 35.4 Å². The Kier molecular flexibility index (Phi) is 14.5. The van der Waals surface area contributed by atoms with Crippen LogP contribution in [0.25, 0.3) is 28.0 Å². The summed E-state index contributed by atoms with van der Waals surface area (Å²) in [6.07, 6.45) is 3.32. The molecule has 5 heterocycles. The molecule has 5 atom stereocenters. The van der Waals surface area contributed by atoms with Gasteiger partial charge in [0.15, 0.2) is 0 Å². The number of aliphatic imine (C=N–C) groups is 1. The van der Waals surface area contributed by atoms with Crippen molar-refractivity contribution in [1.29, 1.82) is 0 Å². The van der Waals surface area contributed by atoms with Gasteiger partial charge in [0.05, 0.1) is 44.2 Å². The van der Waals surface area contributed by atoms with Crippen molar-refractivity contribution in [2.75, 3.05) is 20.2 Å². The number of carbonyl (C=O) groups excluding carboxylic acids is 5. The van der Waals surface area contributed by atoms with Crippen molar-refractivity contribution in [3.63, 3.8) is 0 Å². The van der Waals surface area contributed by atoms with Gasteiger partial charge in [0.2, 0.25) is 11.8 Å². The highest BCUT2D eigenvalue weighted by molar-refractivity contribution is 6.04. The van der Waals surface area contributed by atoms with Crippen LogP contribution in [-0.2, 0) is 36.9 Å². The number of ether oxygens (including phenoxy) is 3. The quantitative estimate of drug-likeness (QED) is 0.117. The Labute approximate surface area is 408 Å². The third-order valence-corrected chi connectivity index (χ3v) is 13.4. The molecule has 370 valence electrons. The lowest BCUT2D eigenvalue weighted by molar-refractivity contribution is -0.136. The molecule has 1 unspecified atom stereocenters. The minimum absolute atomic E-state index is 0.0869. The van der Waals surface area contributed by atoms with Crippen molar-refractivity contribution < 1.29 is 42.6 Å². The minimum atomic E-state index is -0.919. The standard InChI is InChI=1S/C53H63FN8O8/c1-30(2)45(58-50(65)68-8)48(63)61-22-10-13-43(61)47-56-26-42(57-47)35-20-18-33(19-21-35)32-14-16-34(17-15-32)37-23-41(55-25-37)44-24-38(69-52(67)60-27-36-11-9-12-40(54)39(36)29-60)28-62(44)49(64)46(31(3)4)59-51(66)70-53(5,6)7/h9,11-12,14-21,25-26,30-31,38,43-46H,10,13,22-24,27-29H2,1-8H3,(H,56,57)(H,58,65)(H,59,66)/t38-,43+,44?,45+,46+/m1/s1. The summed E-state index contributed by atoms with van der Waals surface area (Å²) in [4.78, 5) is 84.5. The number of H-pyrrole nitrogens is 1. The maximum Gasteiger partial charge on any atom is 0.410 e. The molecule has 16 nitrogen and oxygen atoms in total. The van der Waals surface area contributed by atoms with Gasteiger partial charge in [0.25, 0.3) is 0 Å². The average molecular weight is 959 g/mol. The highest BCUT2D eigenvalue weighted by Crippen LogP contribution is 2.36. The molecule has 0 bridgehead atoms. The predicted octanol–water partition coefficient (Wildman–Crippen LogP) is 8.78. The van der Waals surface area contributed by atoms with Gasteiger partial charge in [-0.1, -0.05) is 88.4 Å². The van der Waals surface area contributed by atoms with Gasteiger partial charge in [-0.15, -0.1) is 0 Å². The molecule has 3 N–H and O–H groups in total. The Morgan fingerprint density at radius 2 is 1.43 bits per heavy atom. The van der Waals surface area contributed by atoms with E-state index in [0.717, 1.165) is 57.6 Å². The Balaban J connectivity index is 0.925. The maximum absolute atomic E-state index is 14.6. The van der Waals surface area contributed by atoms with Crippen molar-refractivity contribution in [3.05, 3.63) is 107 Å². The summed E-state index contributed by atoms with van der Waals surface area (Å²) in [6, 6.07) is 18.8. The summed E-state index contributed by atoms with van der Waals surface area (Å²) < 4.78 is 30.9. The number of halogens is 1. The van der Waals surface area contributed by atoms with E-state index in [1.807, 2.05) is 58.2 Å². The van der Waals surface area contributed by atoms with Crippen LogP contribution < -0.4 is 10.6 Å². The Morgan fingerprint density at radius 1 is 0.800 bits per heavy atom. The lowest BCUT2D eigenvalue weighted by Crippen LogP contribution is -2.54. The fraction of sp³-hybridized carbons (Fsp3) is 0.453. The van der Waals surface area contributed by atoms with Crippen LogP contribution in [0.3, 0.4) is 0 Å². The third kappa shape index (κ3) is 10.9. The molecule has 0 radical (unpaired) electrons. The summed E-state index contributed by atoms with van der Waals surface area (Å²) in [5, 5.41) is 5.48. The number of hydrogen-bond donors (Lipinski definition) is 3. The number of likely N-dealkylation sites (tertiary alicyclic amines) is 2. The van der Waals surface area contributed by atoms with Gasteiger partial charge in [-0.2, -0.15) is 0 Å². The molecule has 0 aliphatic carbocycles. The minimum Gasteiger partial charge on any atom is -0.453 e. The molecule has 0 saturated carbocycles. The van der Waals surface area contributed by atoms with Crippen LogP contribution in [0.15, 0.2) is 84.1 Å². The number of nitrogens with one attached hydrogen (secondary N) is 3. The number of benzene rings is 3. The number of amides is 5. The molecular formula is C53H63FN8O8. The number of fused-ring (bicyclic) bond motifs is 1. The fourth-order valence-corrected chi connectivity index (χ4v) is 9.69. The number of imidazole rings is 1. The summed E-state index contributed by atoms with van der Waals surface area (Å²) >= 11 is 0. The summed E-state index contributed by atoms with van der Waals surface area (Å²) in [5.41, 5.74) is 6.90. The molecule has 8 rings (SSSR count). The predicted molar refractivity (Wildman–Crippen MR) is 261 cm³/mol. The van der Waals surface area contributed by atoms with Gasteiger partial charge in [-0.3, -0.25) is 19.5 Å². The lowest BCUT2D eigenvalue weighted by atomic mass is 9.95. The molecule has 3 aromatic carbocycles. The molecule has 2 fully saturated rings. The Hall–Kier alpha value is -7.04. The van der Waals surface area contributed by atoms with E-state index in [4.69, 9.17) is 19.2 Å². The number of hydrogen-bond acceptors (Lipinski definition) is 10. The number of aromatic nitrogens is 2. The normalized spacial score (nSPS) is 19.7. The molecule has 70 heavy (non-hydrogen) atoms. The van der Waals surface area contributed by atoms with E-state index in [1.54, 1.807) is 48.9 Å². The van der Waals surface area contributed by atoms with Crippen LogP contribution in [0, 0.1) is 17.7 Å². The molecule has 1 aromatic heterocycles. The van der Waals surface area contributed by atoms with Gasteiger partial charge in [-0.25, -0.2) is 23.8 Å². The number of allylic oxidation sites excluding steroid dienone is 1. The first-order valence-electron chi connectivity index (χ1n) is 24.1. The van der Waals surface area contributed by atoms with Gasteiger partial charge < -0.3 is 39.6 Å². The Bertz CT molecular complexity index is 2670. The van der Waals surface area contributed by atoms with Gasteiger partial charge in [0, 0.05) is 43.4 Å². The van der Waals surface area contributed by atoms with Crippen molar-refractivity contribution in [2.24, 2.45) is 16.8 Å². The SMILES string of the molecule is COC(=O)N[C@H](C(=O)N1CCC[C@H]1c1ncc(-c2ccc(-c3ccc(C4=CN=C(C5C[C@@H](OC(=O)N6Cc7cccc(F)c7C6)CN5C(=O)[C@@H](NC(=O)OC(C)(C)C)C(C)C)C4)cc3)cc2)[nH]1)C(C)C. The molecule has 5 amide bonds. The molecule has 0 spiro atoms. The molecule has 4 aromatic rings. The number of aromatic amines is 1.